The van der Waals surface area contributed by atoms with E-state index in [2.05, 4.69) is 10.1 Å². The smallest absolute Gasteiger partial charge is 0.337 e. The average molecular weight is 399 g/mol. The minimum absolute atomic E-state index is 0.0103. The lowest BCUT2D eigenvalue weighted by Crippen LogP contribution is -2.28. The summed E-state index contributed by atoms with van der Waals surface area (Å²) in [5.74, 6) is -1.32. The Labute approximate surface area is 167 Å². The summed E-state index contributed by atoms with van der Waals surface area (Å²) in [6.07, 6.45) is 2.65. The second-order valence-electron chi connectivity index (χ2n) is 5.84. The summed E-state index contributed by atoms with van der Waals surface area (Å²) in [5, 5.41) is 12.1. The van der Waals surface area contributed by atoms with E-state index in [0.717, 1.165) is 5.56 Å². The molecule has 0 saturated carbocycles. The van der Waals surface area contributed by atoms with Gasteiger partial charge in [0.05, 0.1) is 19.8 Å². The molecule has 0 aromatic heterocycles. The summed E-state index contributed by atoms with van der Waals surface area (Å²) >= 11 is 0. The Morgan fingerprint density at radius 1 is 1.07 bits per heavy atom. The minimum Gasteiger partial charge on any atom is -0.504 e. The van der Waals surface area contributed by atoms with Crippen LogP contribution in [-0.4, -0.2) is 43.8 Å². The molecule has 0 radical (unpaired) electrons. The van der Waals surface area contributed by atoms with Crippen LogP contribution in [0, 0.1) is 0 Å². The van der Waals surface area contributed by atoms with Gasteiger partial charge in [0.25, 0.3) is 5.91 Å². The van der Waals surface area contributed by atoms with Gasteiger partial charge in [0.1, 0.15) is 0 Å². The van der Waals surface area contributed by atoms with Crippen LogP contribution in [0.3, 0.4) is 0 Å². The third kappa shape index (κ3) is 6.69. The van der Waals surface area contributed by atoms with Gasteiger partial charge < -0.3 is 24.6 Å². The van der Waals surface area contributed by atoms with E-state index in [0.29, 0.717) is 11.1 Å². The predicted octanol–water partition coefficient (Wildman–Crippen LogP) is 2.06. The summed E-state index contributed by atoms with van der Waals surface area (Å²) in [5.41, 5.74) is 1.81. The molecule has 2 rings (SSSR count). The van der Waals surface area contributed by atoms with E-state index >= 15 is 0 Å². The molecule has 8 nitrogen and oxygen atoms in total. The van der Waals surface area contributed by atoms with Crippen LogP contribution in [0.2, 0.25) is 0 Å². The second kappa shape index (κ2) is 10.5. The first-order valence-corrected chi connectivity index (χ1v) is 8.58. The number of ether oxygens (including phenoxy) is 3. The zero-order valence-corrected chi connectivity index (χ0v) is 16.0. The molecule has 0 aliphatic rings. The normalized spacial score (nSPS) is 10.4. The van der Waals surface area contributed by atoms with Gasteiger partial charge >= 0.3 is 11.9 Å². The number of esters is 2. The molecule has 0 unspecified atom stereocenters. The first kappa shape index (κ1) is 21.5. The van der Waals surface area contributed by atoms with Gasteiger partial charge in [0, 0.05) is 12.6 Å². The fraction of sp³-hybridized carbons (Fsp3) is 0.190. The monoisotopic (exact) mass is 399 g/mol. The Kier molecular flexibility index (Phi) is 7.78. The highest BCUT2D eigenvalue weighted by Gasteiger charge is 2.07. The summed E-state index contributed by atoms with van der Waals surface area (Å²) in [7, 11) is 2.72. The lowest BCUT2D eigenvalue weighted by molar-refractivity contribution is -0.143. The van der Waals surface area contributed by atoms with Crippen molar-refractivity contribution in [2.75, 3.05) is 20.8 Å². The first-order chi connectivity index (χ1) is 13.9. The predicted molar refractivity (Wildman–Crippen MR) is 104 cm³/mol. The molecule has 0 aliphatic heterocycles. The van der Waals surface area contributed by atoms with Crippen molar-refractivity contribution < 1.29 is 33.7 Å². The lowest BCUT2D eigenvalue weighted by Gasteiger charge is -2.06. The molecule has 0 aliphatic carbocycles. The van der Waals surface area contributed by atoms with Crippen LogP contribution < -0.4 is 10.1 Å². The number of nitrogens with one attached hydrogen (secondary N) is 1. The maximum Gasteiger partial charge on any atom is 0.337 e. The van der Waals surface area contributed by atoms with Crippen LogP contribution in [0.5, 0.6) is 11.5 Å². The van der Waals surface area contributed by atoms with Gasteiger partial charge in [0.2, 0.25) is 0 Å². The van der Waals surface area contributed by atoms with Gasteiger partial charge in [-0.3, -0.25) is 4.79 Å². The topological polar surface area (TPSA) is 111 Å². The Morgan fingerprint density at radius 3 is 2.45 bits per heavy atom. The van der Waals surface area contributed by atoms with Crippen LogP contribution in [0.4, 0.5) is 0 Å². The number of hydrogen-bond donors (Lipinski definition) is 2. The molecule has 2 aromatic carbocycles. The van der Waals surface area contributed by atoms with Crippen molar-refractivity contribution >= 4 is 23.9 Å². The third-order valence-electron chi connectivity index (χ3n) is 3.83. The lowest BCUT2D eigenvalue weighted by atomic mass is 10.1. The van der Waals surface area contributed by atoms with Crippen molar-refractivity contribution in [3.63, 3.8) is 0 Å². The van der Waals surface area contributed by atoms with Crippen molar-refractivity contribution in [1.29, 1.82) is 0 Å². The van der Waals surface area contributed by atoms with Crippen LogP contribution >= 0.6 is 0 Å². The van der Waals surface area contributed by atoms with Gasteiger partial charge in [-0.15, -0.1) is 0 Å². The third-order valence-corrected chi connectivity index (χ3v) is 3.83. The molecule has 0 atom stereocenters. The van der Waals surface area contributed by atoms with Gasteiger partial charge in [-0.05, 0) is 41.5 Å². The molecule has 1 amide bonds. The number of amides is 1. The van der Waals surface area contributed by atoms with E-state index in [9.17, 15) is 19.5 Å². The number of benzene rings is 2. The number of aromatic hydroxyl groups is 1. The zero-order chi connectivity index (χ0) is 21.2. The molecule has 29 heavy (non-hydrogen) atoms. The fourth-order valence-electron chi connectivity index (χ4n) is 2.28. The number of methoxy groups -OCH3 is 2. The van der Waals surface area contributed by atoms with Crippen molar-refractivity contribution in [3.05, 3.63) is 65.2 Å². The van der Waals surface area contributed by atoms with Crippen LogP contribution in [0.25, 0.3) is 6.08 Å². The summed E-state index contributed by atoms with van der Waals surface area (Å²) in [6.45, 7) is -0.205. The van der Waals surface area contributed by atoms with E-state index in [1.807, 2.05) is 0 Å². The number of carbonyl (C=O) groups is 3. The van der Waals surface area contributed by atoms with Crippen molar-refractivity contribution in [2.24, 2.45) is 0 Å². The van der Waals surface area contributed by atoms with E-state index in [1.165, 1.54) is 32.4 Å². The molecule has 0 fully saturated rings. The SMILES string of the molecule is COC(=O)c1ccc(CNC(=O)COC(=O)/C=C/c2ccc(O)c(OC)c2)cc1. The Balaban J connectivity index is 1.77. The number of phenolic OH excluding ortho intramolecular Hbond substituents is 1. The van der Waals surface area contributed by atoms with Crippen molar-refractivity contribution in [2.45, 2.75) is 6.54 Å². The molecule has 0 heterocycles. The van der Waals surface area contributed by atoms with Gasteiger partial charge in [0.15, 0.2) is 18.1 Å². The standard InChI is InChI=1S/C21H21NO7/c1-27-18-11-14(5-9-17(18)23)6-10-20(25)29-13-19(24)22-12-15-3-7-16(8-4-15)21(26)28-2/h3-11,23H,12-13H2,1-2H3,(H,22,24)/b10-6+. The van der Waals surface area contributed by atoms with Gasteiger partial charge in [-0.1, -0.05) is 18.2 Å². The van der Waals surface area contributed by atoms with Gasteiger partial charge in [-0.2, -0.15) is 0 Å². The number of phenols is 1. The quantitative estimate of drug-likeness (QED) is 0.516. The van der Waals surface area contributed by atoms with Gasteiger partial charge in [-0.25, -0.2) is 9.59 Å². The molecular weight excluding hydrogens is 378 g/mol. The number of carbonyl (C=O) groups excluding carboxylic acids is 3. The van der Waals surface area contributed by atoms with E-state index < -0.39 is 24.5 Å². The highest BCUT2D eigenvalue weighted by molar-refractivity contribution is 5.90. The maximum absolute atomic E-state index is 11.8. The minimum atomic E-state index is -0.686. The Hall–Kier alpha value is -3.81. The first-order valence-electron chi connectivity index (χ1n) is 8.58. The highest BCUT2D eigenvalue weighted by Crippen LogP contribution is 2.26. The van der Waals surface area contributed by atoms with Crippen LogP contribution in [0.1, 0.15) is 21.5 Å². The summed E-state index contributed by atoms with van der Waals surface area (Å²) in [6, 6.07) is 11.2. The molecule has 2 aromatic rings. The van der Waals surface area contributed by atoms with E-state index in [1.54, 1.807) is 36.4 Å². The Bertz CT molecular complexity index is 904. The number of rotatable bonds is 8. The molecule has 0 saturated heterocycles. The number of hydrogen-bond acceptors (Lipinski definition) is 7. The Morgan fingerprint density at radius 2 is 1.79 bits per heavy atom. The van der Waals surface area contributed by atoms with E-state index in [-0.39, 0.29) is 18.0 Å². The molecular formula is C21H21NO7. The average Bonchev–Trinajstić information content (AvgIpc) is 2.75. The van der Waals surface area contributed by atoms with Crippen LogP contribution in [-0.2, 0) is 25.6 Å². The maximum atomic E-state index is 11.8. The highest BCUT2D eigenvalue weighted by atomic mass is 16.5. The largest absolute Gasteiger partial charge is 0.504 e. The molecule has 0 bridgehead atoms. The summed E-state index contributed by atoms with van der Waals surface area (Å²) in [4.78, 5) is 34.9. The molecule has 152 valence electrons. The second-order valence-corrected chi connectivity index (χ2v) is 5.84. The molecule has 0 spiro atoms. The van der Waals surface area contributed by atoms with E-state index in [4.69, 9.17) is 9.47 Å². The molecule has 8 heteroatoms. The zero-order valence-electron chi connectivity index (χ0n) is 16.0. The summed E-state index contributed by atoms with van der Waals surface area (Å²) < 4.78 is 14.5. The fourth-order valence-corrected chi connectivity index (χ4v) is 2.28. The van der Waals surface area contributed by atoms with Crippen molar-refractivity contribution in [1.82, 2.24) is 5.32 Å². The molecule has 2 N–H and O–H groups in total. The van der Waals surface area contributed by atoms with Crippen molar-refractivity contribution in [3.8, 4) is 11.5 Å². The van der Waals surface area contributed by atoms with Crippen LogP contribution in [0.15, 0.2) is 48.5 Å².